The fraction of sp³-hybridized carbons (Fsp3) is 0.562. The van der Waals surface area contributed by atoms with Crippen molar-refractivity contribution in [2.24, 2.45) is 5.92 Å². The lowest BCUT2D eigenvalue weighted by molar-refractivity contribution is 0.0897. The number of hydrogen-bond acceptors (Lipinski definition) is 3. The van der Waals surface area contributed by atoms with E-state index in [1.165, 1.54) is 0 Å². The number of anilines is 1. The van der Waals surface area contributed by atoms with Crippen LogP contribution >= 0.6 is 0 Å². The van der Waals surface area contributed by atoms with E-state index in [0.717, 1.165) is 18.8 Å². The molecule has 0 unspecified atom stereocenters. The van der Waals surface area contributed by atoms with Crippen molar-refractivity contribution in [3.8, 4) is 0 Å². The summed E-state index contributed by atoms with van der Waals surface area (Å²) < 4.78 is 0. The van der Waals surface area contributed by atoms with E-state index in [1.807, 2.05) is 38.1 Å². The first-order chi connectivity index (χ1) is 9.53. The molecule has 0 saturated carbocycles. The zero-order chi connectivity index (χ0) is 15.1. The fourth-order valence-electron chi connectivity index (χ4n) is 2.09. The molecule has 0 bridgehead atoms. The number of nitrogens with one attached hydrogen (secondary N) is 1. The van der Waals surface area contributed by atoms with Crippen molar-refractivity contribution in [3.63, 3.8) is 0 Å². The smallest absolute Gasteiger partial charge is 0.251 e. The first-order valence-corrected chi connectivity index (χ1v) is 7.30. The van der Waals surface area contributed by atoms with Gasteiger partial charge in [-0.15, -0.1) is 0 Å². The van der Waals surface area contributed by atoms with Gasteiger partial charge in [0.25, 0.3) is 5.91 Å². The summed E-state index contributed by atoms with van der Waals surface area (Å²) in [6, 6.07) is 7.39. The quantitative estimate of drug-likeness (QED) is 0.804. The molecule has 0 aromatic heterocycles. The third-order valence-electron chi connectivity index (χ3n) is 3.58. The predicted molar refractivity (Wildman–Crippen MR) is 83.2 cm³/mol. The summed E-state index contributed by atoms with van der Waals surface area (Å²) in [6.07, 6.45) is 0. The lowest BCUT2D eigenvalue weighted by Crippen LogP contribution is -2.41. The van der Waals surface area contributed by atoms with E-state index in [4.69, 9.17) is 0 Å². The molecular formula is C16H26N2O2. The molecule has 1 aromatic carbocycles. The Morgan fingerprint density at radius 1 is 1.20 bits per heavy atom. The number of rotatable bonds is 7. The standard InChI is InChI=1S/C16H26N2O2/c1-5-18(6-2)14-9-7-13(8-10-14)16(20)17-15(11-19)12(3)4/h7-10,12,15,19H,5-6,11H2,1-4H3,(H,17,20)/t15-/m1/s1. The van der Waals surface area contributed by atoms with Crippen molar-refractivity contribution in [2.75, 3.05) is 24.6 Å². The molecule has 112 valence electrons. The topological polar surface area (TPSA) is 52.6 Å². The van der Waals surface area contributed by atoms with Crippen molar-refractivity contribution in [1.82, 2.24) is 5.32 Å². The van der Waals surface area contributed by atoms with Gasteiger partial charge < -0.3 is 15.3 Å². The van der Waals surface area contributed by atoms with Crippen molar-refractivity contribution >= 4 is 11.6 Å². The van der Waals surface area contributed by atoms with Crippen LogP contribution in [0, 0.1) is 5.92 Å². The van der Waals surface area contributed by atoms with Crippen LogP contribution in [0.3, 0.4) is 0 Å². The molecule has 0 aliphatic heterocycles. The van der Waals surface area contributed by atoms with E-state index in [1.54, 1.807) is 0 Å². The fourth-order valence-corrected chi connectivity index (χ4v) is 2.09. The van der Waals surface area contributed by atoms with Gasteiger partial charge in [0, 0.05) is 24.3 Å². The van der Waals surface area contributed by atoms with Crippen molar-refractivity contribution < 1.29 is 9.90 Å². The first kappa shape index (κ1) is 16.5. The molecule has 4 nitrogen and oxygen atoms in total. The van der Waals surface area contributed by atoms with Gasteiger partial charge in [-0.2, -0.15) is 0 Å². The van der Waals surface area contributed by atoms with Crippen molar-refractivity contribution in [2.45, 2.75) is 33.7 Å². The molecule has 0 fully saturated rings. The maximum Gasteiger partial charge on any atom is 0.251 e. The second kappa shape index (κ2) is 7.90. The van der Waals surface area contributed by atoms with Crippen LogP contribution in [0.4, 0.5) is 5.69 Å². The normalized spacial score (nSPS) is 12.3. The predicted octanol–water partition coefficient (Wildman–Crippen LogP) is 2.28. The molecule has 0 aliphatic carbocycles. The van der Waals surface area contributed by atoms with Crippen LogP contribution in [0.25, 0.3) is 0 Å². The summed E-state index contributed by atoms with van der Waals surface area (Å²) in [6.45, 7) is 10.0. The zero-order valence-corrected chi connectivity index (χ0v) is 12.9. The van der Waals surface area contributed by atoms with Gasteiger partial charge >= 0.3 is 0 Å². The Balaban J connectivity index is 2.75. The highest BCUT2D eigenvalue weighted by atomic mass is 16.3. The van der Waals surface area contributed by atoms with Crippen LogP contribution in [-0.2, 0) is 0 Å². The lowest BCUT2D eigenvalue weighted by Gasteiger charge is -2.22. The molecule has 0 heterocycles. The molecule has 2 N–H and O–H groups in total. The molecule has 0 aliphatic rings. The van der Waals surface area contributed by atoms with Gasteiger partial charge in [0.2, 0.25) is 0 Å². The Morgan fingerprint density at radius 2 is 1.75 bits per heavy atom. The number of aliphatic hydroxyl groups is 1. The maximum atomic E-state index is 12.1. The molecule has 1 rings (SSSR count). The van der Waals surface area contributed by atoms with E-state index < -0.39 is 0 Å². The minimum Gasteiger partial charge on any atom is -0.394 e. The molecule has 4 heteroatoms. The molecule has 1 aromatic rings. The largest absolute Gasteiger partial charge is 0.394 e. The Bertz CT molecular complexity index is 411. The highest BCUT2D eigenvalue weighted by Gasteiger charge is 2.16. The third-order valence-corrected chi connectivity index (χ3v) is 3.58. The minimum atomic E-state index is -0.204. The average molecular weight is 278 g/mol. The summed E-state index contributed by atoms with van der Waals surface area (Å²) in [5, 5.41) is 12.1. The monoisotopic (exact) mass is 278 g/mol. The summed E-state index contributed by atoms with van der Waals surface area (Å²) in [5.41, 5.74) is 1.74. The highest BCUT2D eigenvalue weighted by Crippen LogP contribution is 2.15. The molecule has 0 saturated heterocycles. The number of carbonyl (C=O) groups excluding carboxylic acids is 1. The number of aliphatic hydroxyl groups excluding tert-OH is 1. The van der Waals surface area contributed by atoms with Gasteiger partial charge in [-0.1, -0.05) is 13.8 Å². The van der Waals surface area contributed by atoms with E-state index in [9.17, 15) is 9.90 Å². The second-order valence-corrected chi connectivity index (χ2v) is 5.23. The number of hydrogen-bond donors (Lipinski definition) is 2. The Morgan fingerprint density at radius 3 is 2.15 bits per heavy atom. The van der Waals surface area contributed by atoms with Crippen LogP contribution in [0.1, 0.15) is 38.1 Å². The number of benzene rings is 1. The average Bonchev–Trinajstić information content (AvgIpc) is 2.46. The van der Waals surface area contributed by atoms with Gasteiger partial charge in [0.15, 0.2) is 0 Å². The molecule has 20 heavy (non-hydrogen) atoms. The number of amides is 1. The summed E-state index contributed by atoms with van der Waals surface area (Å²) in [5.74, 6) is 0.0720. The van der Waals surface area contributed by atoms with E-state index in [0.29, 0.717) is 5.56 Å². The van der Waals surface area contributed by atoms with Crippen LogP contribution in [0.15, 0.2) is 24.3 Å². The summed E-state index contributed by atoms with van der Waals surface area (Å²) >= 11 is 0. The van der Waals surface area contributed by atoms with E-state index >= 15 is 0 Å². The SMILES string of the molecule is CCN(CC)c1ccc(C(=O)N[C@H](CO)C(C)C)cc1. The van der Waals surface area contributed by atoms with Gasteiger partial charge in [-0.25, -0.2) is 0 Å². The van der Waals surface area contributed by atoms with Gasteiger partial charge in [-0.05, 0) is 44.0 Å². The molecule has 0 radical (unpaired) electrons. The molecular weight excluding hydrogens is 252 g/mol. The Labute approximate surface area is 121 Å². The molecule has 1 amide bonds. The Hall–Kier alpha value is -1.55. The Kier molecular flexibility index (Phi) is 6.52. The summed E-state index contributed by atoms with van der Waals surface area (Å²) in [4.78, 5) is 14.3. The second-order valence-electron chi connectivity index (χ2n) is 5.23. The summed E-state index contributed by atoms with van der Waals surface area (Å²) in [7, 11) is 0. The minimum absolute atomic E-state index is 0.0407. The van der Waals surface area contributed by atoms with Crippen LogP contribution in [-0.4, -0.2) is 36.8 Å². The third kappa shape index (κ3) is 4.23. The number of carbonyl (C=O) groups is 1. The zero-order valence-electron chi connectivity index (χ0n) is 12.9. The van der Waals surface area contributed by atoms with Gasteiger partial charge in [0.05, 0.1) is 12.6 Å². The highest BCUT2D eigenvalue weighted by molar-refractivity contribution is 5.94. The van der Waals surface area contributed by atoms with Crippen LogP contribution in [0.5, 0.6) is 0 Å². The van der Waals surface area contributed by atoms with Crippen molar-refractivity contribution in [3.05, 3.63) is 29.8 Å². The maximum absolute atomic E-state index is 12.1. The van der Waals surface area contributed by atoms with E-state index in [-0.39, 0.29) is 24.5 Å². The van der Waals surface area contributed by atoms with Crippen LogP contribution in [0.2, 0.25) is 0 Å². The lowest BCUT2D eigenvalue weighted by atomic mass is 10.0. The number of nitrogens with zero attached hydrogens (tertiary/aromatic N) is 1. The van der Waals surface area contributed by atoms with Gasteiger partial charge in [0.1, 0.15) is 0 Å². The van der Waals surface area contributed by atoms with Gasteiger partial charge in [-0.3, -0.25) is 4.79 Å². The van der Waals surface area contributed by atoms with Crippen molar-refractivity contribution in [1.29, 1.82) is 0 Å². The molecule has 0 spiro atoms. The molecule has 1 atom stereocenters. The van der Waals surface area contributed by atoms with Crippen LogP contribution < -0.4 is 10.2 Å². The first-order valence-electron chi connectivity index (χ1n) is 7.30. The van der Waals surface area contributed by atoms with E-state index in [2.05, 4.69) is 24.1 Å².